The number of rotatable bonds is 6. The maximum atomic E-state index is 10.7. The van der Waals surface area contributed by atoms with E-state index in [-0.39, 0.29) is 5.92 Å². The molecule has 3 nitrogen and oxygen atoms in total. The molecule has 1 aliphatic carbocycles. The summed E-state index contributed by atoms with van der Waals surface area (Å²) in [4.78, 5) is 13.0. The molecule has 0 radical (unpaired) electrons. The van der Waals surface area contributed by atoms with Crippen LogP contribution in [0.3, 0.4) is 0 Å². The Labute approximate surface area is 79.7 Å². The number of nitrogens with zero attached hydrogens (tertiary/aromatic N) is 1. The zero-order valence-electron chi connectivity index (χ0n) is 8.49. The smallest absolute Gasteiger partial charge is 0.307 e. The maximum Gasteiger partial charge on any atom is 0.307 e. The minimum absolute atomic E-state index is 0.229. The van der Waals surface area contributed by atoms with Crippen molar-refractivity contribution < 1.29 is 9.90 Å². The van der Waals surface area contributed by atoms with Gasteiger partial charge in [-0.25, -0.2) is 0 Å². The molecule has 1 rings (SSSR count). The molecule has 1 N–H and O–H groups in total. The number of carboxylic acids is 1. The number of hydrogen-bond acceptors (Lipinski definition) is 2. The van der Waals surface area contributed by atoms with E-state index in [0.717, 1.165) is 13.0 Å². The fraction of sp³-hybridized carbons (Fsp3) is 0.900. The monoisotopic (exact) mass is 185 g/mol. The topological polar surface area (TPSA) is 40.5 Å². The Morgan fingerprint density at radius 1 is 1.62 bits per heavy atom. The van der Waals surface area contributed by atoms with Gasteiger partial charge >= 0.3 is 5.97 Å². The molecule has 0 spiro atoms. The molecule has 76 valence electrons. The lowest BCUT2D eigenvalue weighted by Gasteiger charge is -2.23. The first-order chi connectivity index (χ1) is 6.15. The Morgan fingerprint density at radius 2 is 2.23 bits per heavy atom. The molecule has 0 heterocycles. The van der Waals surface area contributed by atoms with Crippen molar-refractivity contribution in [3.8, 4) is 0 Å². The molecule has 1 unspecified atom stereocenters. The van der Waals surface area contributed by atoms with Crippen LogP contribution in [0.4, 0.5) is 0 Å². The molecule has 13 heavy (non-hydrogen) atoms. The lowest BCUT2D eigenvalue weighted by molar-refractivity contribution is -0.141. The summed E-state index contributed by atoms with van der Waals surface area (Å²) in [7, 11) is 0. The van der Waals surface area contributed by atoms with Crippen LogP contribution in [-0.4, -0.2) is 35.1 Å². The second-order valence-electron chi connectivity index (χ2n) is 3.97. The van der Waals surface area contributed by atoms with Crippen LogP contribution in [0.2, 0.25) is 0 Å². The number of carbonyl (C=O) groups is 1. The molecule has 1 fully saturated rings. The lowest BCUT2D eigenvalue weighted by Crippen LogP contribution is -2.34. The molecule has 0 aliphatic heterocycles. The second kappa shape index (κ2) is 4.61. The van der Waals surface area contributed by atoms with Crippen molar-refractivity contribution in [3.05, 3.63) is 0 Å². The third-order valence-electron chi connectivity index (χ3n) is 2.50. The van der Waals surface area contributed by atoms with E-state index in [1.165, 1.54) is 12.8 Å². The summed E-state index contributed by atoms with van der Waals surface area (Å²) in [6.45, 7) is 5.68. The highest BCUT2D eigenvalue weighted by Crippen LogP contribution is 2.27. The zero-order chi connectivity index (χ0) is 9.84. The zero-order valence-corrected chi connectivity index (χ0v) is 8.49. The van der Waals surface area contributed by atoms with Gasteiger partial charge in [0.15, 0.2) is 0 Å². The third-order valence-corrected chi connectivity index (χ3v) is 2.50. The largest absolute Gasteiger partial charge is 0.481 e. The summed E-state index contributed by atoms with van der Waals surface area (Å²) >= 11 is 0. The van der Waals surface area contributed by atoms with Crippen molar-refractivity contribution in [1.82, 2.24) is 4.90 Å². The predicted octanol–water partition coefficient (Wildman–Crippen LogP) is 1.58. The summed E-state index contributed by atoms with van der Waals surface area (Å²) < 4.78 is 0. The normalized spacial score (nSPS) is 19.0. The second-order valence-corrected chi connectivity index (χ2v) is 3.97. The fourth-order valence-corrected chi connectivity index (χ4v) is 1.58. The van der Waals surface area contributed by atoms with Crippen LogP contribution in [0.5, 0.6) is 0 Å². The Balaban J connectivity index is 2.32. The van der Waals surface area contributed by atoms with Crippen LogP contribution in [0.1, 0.15) is 33.1 Å². The molecule has 1 aliphatic rings. The molecule has 0 bridgehead atoms. The summed E-state index contributed by atoms with van der Waals surface area (Å²) in [6, 6.07) is 0.682. The Hall–Kier alpha value is -0.570. The van der Waals surface area contributed by atoms with E-state index in [9.17, 15) is 4.79 Å². The molecule has 3 heteroatoms. The first-order valence-electron chi connectivity index (χ1n) is 5.12. The van der Waals surface area contributed by atoms with Gasteiger partial charge in [-0.05, 0) is 25.8 Å². The first kappa shape index (κ1) is 10.5. The van der Waals surface area contributed by atoms with Crippen LogP contribution in [0, 0.1) is 5.92 Å². The standard InChI is InChI=1S/C10H19NO2/c1-3-6-11(9-4-5-9)7-8(2)10(12)13/h8-9H,3-7H2,1-2H3,(H,12,13). The van der Waals surface area contributed by atoms with Gasteiger partial charge in [-0.2, -0.15) is 0 Å². The van der Waals surface area contributed by atoms with Crippen LogP contribution in [-0.2, 0) is 4.79 Å². The number of carboxylic acid groups (broad SMARTS) is 1. The lowest BCUT2D eigenvalue weighted by atomic mass is 10.1. The highest BCUT2D eigenvalue weighted by molar-refractivity contribution is 5.69. The maximum absolute atomic E-state index is 10.7. The first-order valence-corrected chi connectivity index (χ1v) is 5.12. The average molecular weight is 185 g/mol. The van der Waals surface area contributed by atoms with Crippen molar-refractivity contribution in [2.45, 2.75) is 39.2 Å². The molecule has 1 saturated carbocycles. The van der Waals surface area contributed by atoms with Crippen molar-refractivity contribution in [2.24, 2.45) is 5.92 Å². The molecule has 0 aromatic heterocycles. The predicted molar refractivity (Wildman–Crippen MR) is 51.7 cm³/mol. The Bertz CT molecular complexity index is 178. The van der Waals surface area contributed by atoms with Crippen LogP contribution >= 0.6 is 0 Å². The highest BCUT2D eigenvalue weighted by atomic mass is 16.4. The minimum atomic E-state index is -0.679. The molecule has 0 aromatic rings. The quantitative estimate of drug-likeness (QED) is 0.683. The number of aliphatic carboxylic acids is 1. The van der Waals surface area contributed by atoms with Gasteiger partial charge in [-0.15, -0.1) is 0 Å². The minimum Gasteiger partial charge on any atom is -0.481 e. The van der Waals surface area contributed by atoms with Gasteiger partial charge in [0.05, 0.1) is 5.92 Å². The highest BCUT2D eigenvalue weighted by Gasteiger charge is 2.30. The SMILES string of the molecule is CCCN(CC(C)C(=O)O)C1CC1. The van der Waals surface area contributed by atoms with Gasteiger partial charge in [0.25, 0.3) is 0 Å². The van der Waals surface area contributed by atoms with Gasteiger partial charge in [-0.3, -0.25) is 9.69 Å². The Kier molecular flexibility index (Phi) is 3.72. The van der Waals surface area contributed by atoms with E-state index in [4.69, 9.17) is 5.11 Å². The fourth-order valence-electron chi connectivity index (χ4n) is 1.58. The van der Waals surface area contributed by atoms with E-state index in [2.05, 4.69) is 11.8 Å². The average Bonchev–Trinajstić information content (AvgIpc) is 2.85. The van der Waals surface area contributed by atoms with Crippen LogP contribution in [0.15, 0.2) is 0 Å². The van der Waals surface area contributed by atoms with Gasteiger partial charge in [0, 0.05) is 12.6 Å². The molecule has 0 saturated heterocycles. The number of hydrogen-bond donors (Lipinski definition) is 1. The molecule has 1 atom stereocenters. The molecular formula is C10H19NO2. The summed E-state index contributed by atoms with van der Waals surface area (Å²) in [5.74, 6) is -0.908. The van der Waals surface area contributed by atoms with E-state index < -0.39 is 5.97 Å². The van der Waals surface area contributed by atoms with Crippen molar-refractivity contribution in [3.63, 3.8) is 0 Å². The van der Waals surface area contributed by atoms with Gasteiger partial charge in [0.1, 0.15) is 0 Å². The molecule has 0 amide bonds. The summed E-state index contributed by atoms with van der Waals surface area (Å²) in [5, 5.41) is 8.77. The van der Waals surface area contributed by atoms with E-state index >= 15 is 0 Å². The van der Waals surface area contributed by atoms with Crippen molar-refractivity contribution in [2.75, 3.05) is 13.1 Å². The van der Waals surface area contributed by atoms with Crippen LogP contribution < -0.4 is 0 Å². The van der Waals surface area contributed by atoms with Gasteiger partial charge in [0.2, 0.25) is 0 Å². The van der Waals surface area contributed by atoms with E-state index in [1.807, 2.05) is 0 Å². The molecule has 0 aromatic carbocycles. The third kappa shape index (κ3) is 3.35. The van der Waals surface area contributed by atoms with Crippen molar-refractivity contribution >= 4 is 5.97 Å². The molecular weight excluding hydrogens is 166 g/mol. The van der Waals surface area contributed by atoms with Gasteiger partial charge < -0.3 is 5.11 Å². The van der Waals surface area contributed by atoms with Crippen molar-refractivity contribution in [1.29, 1.82) is 0 Å². The van der Waals surface area contributed by atoms with Gasteiger partial charge in [-0.1, -0.05) is 13.8 Å². The van der Waals surface area contributed by atoms with E-state index in [1.54, 1.807) is 6.92 Å². The Morgan fingerprint density at radius 3 is 2.62 bits per heavy atom. The summed E-state index contributed by atoms with van der Waals surface area (Å²) in [6.07, 6.45) is 3.63. The van der Waals surface area contributed by atoms with E-state index in [0.29, 0.717) is 12.6 Å². The summed E-state index contributed by atoms with van der Waals surface area (Å²) in [5.41, 5.74) is 0. The van der Waals surface area contributed by atoms with Crippen LogP contribution in [0.25, 0.3) is 0 Å².